The van der Waals surface area contributed by atoms with Gasteiger partial charge in [0.15, 0.2) is 0 Å². The third kappa shape index (κ3) is 34.9. The van der Waals surface area contributed by atoms with Crippen molar-refractivity contribution in [3.05, 3.63) is 0 Å². The van der Waals surface area contributed by atoms with Crippen LogP contribution in [0.4, 0.5) is 0 Å². The van der Waals surface area contributed by atoms with Gasteiger partial charge in [-0.05, 0) is 25.7 Å². The molecule has 0 aromatic rings. The lowest BCUT2D eigenvalue weighted by Gasteiger charge is -2.03. The van der Waals surface area contributed by atoms with Crippen LogP contribution in [-0.4, -0.2) is 19.6 Å². The summed E-state index contributed by atoms with van der Waals surface area (Å²) < 4.78 is 0. The van der Waals surface area contributed by atoms with Gasteiger partial charge in [0, 0.05) is 5.97 Å². The summed E-state index contributed by atoms with van der Waals surface area (Å²) in [5, 5.41) is 12.4. The van der Waals surface area contributed by atoms with Crippen LogP contribution in [0, 0.1) is 0 Å². The number of carbonyl (C=O) groups excluding carboxylic acids is 1. The van der Waals surface area contributed by atoms with Gasteiger partial charge in [-0.15, -0.1) is 0 Å². The molecule has 0 aliphatic rings. The molecule has 0 aromatic heterocycles. The van der Waals surface area contributed by atoms with Gasteiger partial charge in [-0.1, -0.05) is 129 Å². The number of hydrogen-bond donors (Lipinski definition) is 1. The average Bonchev–Trinajstić information content (AvgIpc) is 2.74. The third-order valence-electron chi connectivity index (χ3n) is 5.83. The maximum atomic E-state index is 10.1. The van der Waals surface area contributed by atoms with Gasteiger partial charge < -0.3 is 15.2 Å². The first-order valence-electron chi connectivity index (χ1n) is 13.7. The minimum atomic E-state index is -0.907. The SMILES string of the molecule is CCCCCCCCCCCCCC(=O)[O-].CCCCCCCCCCCC[NH2+]C. The Labute approximate surface area is 190 Å². The number of aliphatic carboxylic acids is 1. The van der Waals surface area contributed by atoms with E-state index in [9.17, 15) is 9.90 Å². The van der Waals surface area contributed by atoms with Crippen LogP contribution in [-0.2, 0) is 4.79 Å². The first-order chi connectivity index (χ1) is 14.7. The van der Waals surface area contributed by atoms with Crippen molar-refractivity contribution < 1.29 is 15.2 Å². The van der Waals surface area contributed by atoms with Crippen LogP contribution in [0.15, 0.2) is 0 Å². The summed E-state index contributed by atoms with van der Waals surface area (Å²) in [6.45, 7) is 5.84. The summed E-state index contributed by atoms with van der Waals surface area (Å²) in [6, 6.07) is 0. The number of hydrogen-bond acceptors (Lipinski definition) is 2. The van der Waals surface area contributed by atoms with E-state index in [1.807, 2.05) is 0 Å². The van der Waals surface area contributed by atoms with E-state index in [4.69, 9.17) is 0 Å². The van der Waals surface area contributed by atoms with E-state index in [1.54, 1.807) is 0 Å². The van der Waals surface area contributed by atoms with Crippen molar-refractivity contribution in [2.24, 2.45) is 0 Å². The van der Waals surface area contributed by atoms with Crippen LogP contribution in [0.1, 0.15) is 155 Å². The monoisotopic (exact) mass is 427 g/mol. The number of nitrogens with two attached hydrogens (primary N) is 1. The lowest BCUT2D eigenvalue weighted by atomic mass is 10.1. The largest absolute Gasteiger partial charge is 0.550 e. The van der Waals surface area contributed by atoms with E-state index < -0.39 is 5.97 Å². The Morgan fingerprint density at radius 1 is 0.533 bits per heavy atom. The Morgan fingerprint density at radius 3 is 1.13 bits per heavy atom. The number of carboxylic acids is 1. The molecule has 0 spiro atoms. The first-order valence-corrected chi connectivity index (χ1v) is 13.7. The molecule has 2 N–H and O–H groups in total. The van der Waals surface area contributed by atoms with Crippen LogP contribution < -0.4 is 10.4 Å². The summed E-state index contributed by atoms with van der Waals surface area (Å²) in [7, 11) is 2.16. The van der Waals surface area contributed by atoms with Crippen molar-refractivity contribution in [2.45, 2.75) is 155 Å². The molecule has 30 heavy (non-hydrogen) atoms. The summed E-state index contributed by atoms with van der Waals surface area (Å²) in [5.74, 6) is -0.907. The molecule has 182 valence electrons. The second kappa shape index (κ2) is 30.6. The smallest absolute Gasteiger partial charge is 0.0753 e. The minimum absolute atomic E-state index is 0.233. The van der Waals surface area contributed by atoms with Crippen LogP contribution in [0.25, 0.3) is 0 Å². The third-order valence-corrected chi connectivity index (χ3v) is 5.83. The molecule has 0 radical (unpaired) electrons. The zero-order valence-corrected chi connectivity index (χ0v) is 21.2. The van der Waals surface area contributed by atoms with Crippen molar-refractivity contribution in [3.8, 4) is 0 Å². The van der Waals surface area contributed by atoms with Crippen molar-refractivity contribution in [1.82, 2.24) is 0 Å². The van der Waals surface area contributed by atoms with Gasteiger partial charge in [-0.3, -0.25) is 0 Å². The fourth-order valence-corrected chi connectivity index (χ4v) is 3.77. The second-order valence-electron chi connectivity index (χ2n) is 9.04. The van der Waals surface area contributed by atoms with Gasteiger partial charge in [0.2, 0.25) is 0 Å². The highest BCUT2D eigenvalue weighted by atomic mass is 16.4. The van der Waals surface area contributed by atoms with Crippen LogP contribution in [0.5, 0.6) is 0 Å². The van der Waals surface area contributed by atoms with E-state index in [1.165, 1.54) is 129 Å². The first kappa shape index (κ1) is 31.6. The highest BCUT2D eigenvalue weighted by molar-refractivity contribution is 5.63. The van der Waals surface area contributed by atoms with Crippen molar-refractivity contribution in [2.75, 3.05) is 13.6 Å². The molecule has 0 aromatic carbocycles. The maximum Gasteiger partial charge on any atom is 0.0753 e. The van der Waals surface area contributed by atoms with Crippen molar-refractivity contribution >= 4 is 5.97 Å². The number of carboxylic acid groups (broad SMARTS) is 1. The van der Waals surface area contributed by atoms with Crippen LogP contribution >= 0.6 is 0 Å². The van der Waals surface area contributed by atoms with Gasteiger partial charge in [-0.25, -0.2) is 0 Å². The molecule has 0 aliphatic heterocycles. The van der Waals surface area contributed by atoms with Gasteiger partial charge in [0.1, 0.15) is 0 Å². The van der Waals surface area contributed by atoms with Crippen molar-refractivity contribution in [3.63, 3.8) is 0 Å². The molecule has 0 heterocycles. The van der Waals surface area contributed by atoms with E-state index in [-0.39, 0.29) is 6.42 Å². The maximum absolute atomic E-state index is 10.1. The summed E-state index contributed by atoms with van der Waals surface area (Å²) in [5.41, 5.74) is 0. The topological polar surface area (TPSA) is 56.7 Å². The molecule has 0 fully saturated rings. The Hall–Kier alpha value is -0.570. The number of unbranched alkanes of at least 4 members (excludes halogenated alkanes) is 19. The molecule has 0 amide bonds. The highest BCUT2D eigenvalue weighted by Crippen LogP contribution is 2.12. The standard InChI is InChI=1S/C14H28O2.C13H29N/c1-2-3-4-5-6-7-8-9-10-11-12-13-14(15)16;1-3-4-5-6-7-8-9-10-11-12-13-14-2/h2-13H2,1H3,(H,15,16);14H,3-13H2,1-2H3. The van der Waals surface area contributed by atoms with E-state index in [0.717, 1.165) is 12.8 Å². The van der Waals surface area contributed by atoms with Gasteiger partial charge >= 0.3 is 0 Å². The number of carbonyl (C=O) groups is 1. The lowest BCUT2D eigenvalue weighted by molar-refractivity contribution is -0.627. The van der Waals surface area contributed by atoms with E-state index in [2.05, 4.69) is 26.2 Å². The fraction of sp³-hybridized carbons (Fsp3) is 0.963. The Morgan fingerprint density at radius 2 is 0.833 bits per heavy atom. The molecule has 3 heteroatoms. The Balaban J connectivity index is 0. The second-order valence-corrected chi connectivity index (χ2v) is 9.04. The quantitative estimate of drug-likeness (QED) is 0.188. The molecule has 0 rings (SSSR count). The van der Waals surface area contributed by atoms with Crippen molar-refractivity contribution in [1.29, 1.82) is 0 Å². The summed E-state index contributed by atoms with van der Waals surface area (Å²) in [6.07, 6.45) is 28.5. The molecule has 3 nitrogen and oxygen atoms in total. The van der Waals surface area contributed by atoms with Crippen LogP contribution in [0.3, 0.4) is 0 Å². The molecule has 0 saturated carbocycles. The molecule has 0 bridgehead atoms. The molecular formula is C27H57NO2. The summed E-state index contributed by atoms with van der Waals surface area (Å²) >= 11 is 0. The molecular weight excluding hydrogens is 370 g/mol. The highest BCUT2D eigenvalue weighted by Gasteiger charge is 1.94. The van der Waals surface area contributed by atoms with E-state index in [0.29, 0.717) is 0 Å². The number of quaternary nitrogens is 1. The minimum Gasteiger partial charge on any atom is -0.550 e. The molecule has 0 aliphatic carbocycles. The normalized spacial score (nSPS) is 10.6. The predicted molar refractivity (Wildman–Crippen MR) is 131 cm³/mol. The molecule has 0 atom stereocenters. The average molecular weight is 428 g/mol. The summed E-state index contributed by atoms with van der Waals surface area (Å²) in [4.78, 5) is 10.1. The zero-order valence-electron chi connectivity index (χ0n) is 21.2. The van der Waals surface area contributed by atoms with E-state index >= 15 is 0 Å². The van der Waals surface area contributed by atoms with Crippen LogP contribution in [0.2, 0.25) is 0 Å². The molecule has 0 saturated heterocycles. The van der Waals surface area contributed by atoms with Gasteiger partial charge in [-0.2, -0.15) is 0 Å². The Bertz CT molecular complexity index is 295. The van der Waals surface area contributed by atoms with Gasteiger partial charge in [0.25, 0.3) is 0 Å². The molecule has 0 unspecified atom stereocenters. The zero-order chi connectivity index (χ0) is 22.5. The lowest BCUT2D eigenvalue weighted by Crippen LogP contribution is -2.79. The number of rotatable bonds is 23. The fourth-order valence-electron chi connectivity index (χ4n) is 3.77. The Kier molecular flexibility index (Phi) is 32.3. The van der Waals surface area contributed by atoms with Gasteiger partial charge in [0.05, 0.1) is 13.6 Å². The predicted octanol–water partition coefficient (Wildman–Crippen LogP) is 6.54.